The van der Waals surface area contributed by atoms with Gasteiger partial charge in [-0.2, -0.15) is 0 Å². The number of hydrogen-bond donors (Lipinski definition) is 1. The van der Waals surface area contributed by atoms with E-state index in [9.17, 15) is 0 Å². The van der Waals surface area contributed by atoms with Crippen molar-refractivity contribution in [1.29, 1.82) is 0 Å². The number of piperidine rings is 1. The molecule has 1 aromatic rings. The van der Waals surface area contributed by atoms with Crippen molar-refractivity contribution in [2.24, 2.45) is 5.92 Å². The first-order valence-corrected chi connectivity index (χ1v) is 6.03. The van der Waals surface area contributed by atoms with Crippen LogP contribution in [0.3, 0.4) is 0 Å². The molecule has 0 unspecified atom stereocenters. The zero-order valence-corrected chi connectivity index (χ0v) is 9.91. The fourth-order valence-electron chi connectivity index (χ4n) is 1.86. The maximum Gasteiger partial charge on any atom is 0.316 e. The Labute approximate surface area is 100 Å². The molecule has 16 heavy (non-hydrogen) atoms. The van der Waals surface area contributed by atoms with Crippen molar-refractivity contribution < 1.29 is 4.74 Å². The molecule has 0 aromatic carbocycles. The maximum atomic E-state index is 5.68. The van der Waals surface area contributed by atoms with Crippen molar-refractivity contribution >= 4 is 11.6 Å². The average molecular weight is 242 g/mol. The minimum absolute atomic E-state index is 0.410. The molecule has 2 rings (SSSR count). The van der Waals surface area contributed by atoms with Gasteiger partial charge < -0.3 is 10.1 Å². The smallest absolute Gasteiger partial charge is 0.316 e. The Morgan fingerprint density at radius 3 is 2.94 bits per heavy atom. The number of rotatable bonds is 4. The van der Waals surface area contributed by atoms with Crippen LogP contribution >= 0.6 is 11.6 Å². The van der Waals surface area contributed by atoms with Crippen LogP contribution in [0.2, 0.25) is 5.02 Å². The summed E-state index contributed by atoms with van der Waals surface area (Å²) >= 11 is 5.68. The lowest BCUT2D eigenvalue weighted by Gasteiger charge is -2.22. The van der Waals surface area contributed by atoms with E-state index < -0.39 is 0 Å². The molecule has 2 heterocycles. The highest BCUT2D eigenvalue weighted by atomic mass is 35.5. The molecule has 1 N–H and O–H groups in total. The molecule has 0 amide bonds. The van der Waals surface area contributed by atoms with E-state index in [0.29, 0.717) is 17.6 Å². The highest BCUT2D eigenvalue weighted by molar-refractivity contribution is 6.30. The van der Waals surface area contributed by atoms with Gasteiger partial charge in [0.1, 0.15) is 0 Å². The zero-order valence-electron chi connectivity index (χ0n) is 9.16. The minimum Gasteiger partial charge on any atom is -0.463 e. The van der Waals surface area contributed by atoms with Crippen molar-refractivity contribution in [3.8, 4) is 6.01 Å². The van der Waals surface area contributed by atoms with Crippen molar-refractivity contribution in [2.75, 3.05) is 19.7 Å². The predicted octanol–water partition coefficient (Wildman–Crippen LogP) is 1.90. The van der Waals surface area contributed by atoms with Gasteiger partial charge in [-0.05, 0) is 38.3 Å². The summed E-state index contributed by atoms with van der Waals surface area (Å²) in [7, 11) is 0. The summed E-state index contributed by atoms with van der Waals surface area (Å²) in [6.45, 7) is 2.93. The molecule has 0 spiro atoms. The van der Waals surface area contributed by atoms with Gasteiger partial charge >= 0.3 is 6.01 Å². The van der Waals surface area contributed by atoms with Crippen molar-refractivity contribution in [2.45, 2.75) is 19.3 Å². The third kappa shape index (κ3) is 3.61. The van der Waals surface area contributed by atoms with Crippen LogP contribution in [0, 0.1) is 5.92 Å². The number of hydrogen-bond acceptors (Lipinski definition) is 4. The lowest BCUT2D eigenvalue weighted by Crippen LogP contribution is -2.30. The SMILES string of the molecule is Clc1cnc(OCC[C@@H]2CCCNC2)nc1. The minimum atomic E-state index is 0.410. The van der Waals surface area contributed by atoms with E-state index in [1.54, 1.807) is 12.4 Å². The normalized spacial score (nSPS) is 20.7. The molecule has 0 radical (unpaired) electrons. The van der Waals surface area contributed by atoms with Crippen LogP contribution in [0.15, 0.2) is 12.4 Å². The van der Waals surface area contributed by atoms with Gasteiger partial charge in [-0.1, -0.05) is 11.6 Å². The molecule has 88 valence electrons. The van der Waals surface area contributed by atoms with Gasteiger partial charge in [0, 0.05) is 0 Å². The summed E-state index contributed by atoms with van der Waals surface area (Å²) < 4.78 is 5.46. The highest BCUT2D eigenvalue weighted by Crippen LogP contribution is 2.14. The molecular weight excluding hydrogens is 226 g/mol. The summed E-state index contributed by atoms with van der Waals surface area (Å²) in [5.74, 6) is 0.723. The first-order valence-electron chi connectivity index (χ1n) is 5.65. The van der Waals surface area contributed by atoms with E-state index in [-0.39, 0.29) is 0 Å². The lowest BCUT2D eigenvalue weighted by molar-refractivity contribution is 0.240. The number of nitrogens with one attached hydrogen (secondary N) is 1. The maximum absolute atomic E-state index is 5.68. The van der Waals surface area contributed by atoms with Gasteiger partial charge in [0.05, 0.1) is 24.0 Å². The van der Waals surface area contributed by atoms with E-state index >= 15 is 0 Å². The Morgan fingerprint density at radius 1 is 1.44 bits per heavy atom. The summed E-state index contributed by atoms with van der Waals surface area (Å²) in [4.78, 5) is 7.96. The van der Waals surface area contributed by atoms with E-state index in [1.165, 1.54) is 12.8 Å². The third-order valence-corrected chi connectivity index (χ3v) is 2.95. The van der Waals surface area contributed by atoms with E-state index in [4.69, 9.17) is 16.3 Å². The second kappa shape index (κ2) is 6.01. The number of aromatic nitrogens is 2. The number of nitrogens with zero attached hydrogens (tertiary/aromatic N) is 2. The monoisotopic (exact) mass is 241 g/mol. The Bertz CT molecular complexity index is 312. The van der Waals surface area contributed by atoms with Gasteiger partial charge in [-0.15, -0.1) is 0 Å². The Kier molecular flexibility index (Phi) is 4.36. The van der Waals surface area contributed by atoms with Crippen molar-refractivity contribution in [3.63, 3.8) is 0 Å². The molecule has 1 aromatic heterocycles. The molecule has 1 aliphatic heterocycles. The molecule has 0 aliphatic carbocycles. The first kappa shape index (κ1) is 11.6. The number of halogens is 1. The largest absolute Gasteiger partial charge is 0.463 e. The summed E-state index contributed by atoms with van der Waals surface area (Å²) in [5, 5.41) is 3.92. The fraction of sp³-hybridized carbons (Fsp3) is 0.636. The van der Waals surface area contributed by atoms with Crippen LogP contribution in [0.25, 0.3) is 0 Å². The number of ether oxygens (including phenoxy) is 1. The first-order chi connectivity index (χ1) is 7.84. The molecule has 4 nitrogen and oxygen atoms in total. The van der Waals surface area contributed by atoms with E-state index in [0.717, 1.165) is 25.4 Å². The third-order valence-electron chi connectivity index (χ3n) is 2.75. The molecule has 5 heteroatoms. The lowest BCUT2D eigenvalue weighted by atomic mass is 9.97. The topological polar surface area (TPSA) is 47.0 Å². The van der Waals surface area contributed by atoms with Gasteiger partial charge in [0.2, 0.25) is 0 Å². The van der Waals surface area contributed by atoms with E-state index in [2.05, 4.69) is 15.3 Å². The van der Waals surface area contributed by atoms with Crippen LogP contribution in [0.4, 0.5) is 0 Å². The average Bonchev–Trinajstić information content (AvgIpc) is 2.33. The molecule has 1 fully saturated rings. The fourth-order valence-corrected chi connectivity index (χ4v) is 1.96. The van der Waals surface area contributed by atoms with Crippen LogP contribution < -0.4 is 10.1 Å². The van der Waals surface area contributed by atoms with Crippen LogP contribution in [0.5, 0.6) is 6.01 Å². The van der Waals surface area contributed by atoms with Crippen molar-refractivity contribution in [1.82, 2.24) is 15.3 Å². The quantitative estimate of drug-likeness (QED) is 0.875. The van der Waals surface area contributed by atoms with Gasteiger partial charge in [0.15, 0.2) is 0 Å². The molecular formula is C11H16ClN3O. The van der Waals surface area contributed by atoms with E-state index in [1.807, 2.05) is 0 Å². The molecule has 0 saturated carbocycles. The van der Waals surface area contributed by atoms with Crippen molar-refractivity contribution in [3.05, 3.63) is 17.4 Å². The van der Waals surface area contributed by atoms with Gasteiger partial charge in [0.25, 0.3) is 0 Å². The Hall–Kier alpha value is -0.870. The van der Waals surface area contributed by atoms with Crippen LogP contribution in [-0.4, -0.2) is 29.7 Å². The summed E-state index contributed by atoms with van der Waals surface area (Å²) in [5.41, 5.74) is 0. The molecule has 0 bridgehead atoms. The second-order valence-corrected chi connectivity index (χ2v) is 4.47. The molecule has 1 atom stereocenters. The Morgan fingerprint density at radius 2 is 2.25 bits per heavy atom. The predicted molar refractivity (Wildman–Crippen MR) is 62.7 cm³/mol. The van der Waals surface area contributed by atoms with Crippen LogP contribution in [-0.2, 0) is 0 Å². The highest BCUT2D eigenvalue weighted by Gasteiger charge is 2.12. The standard InChI is InChI=1S/C11H16ClN3O/c12-10-7-14-11(15-8-10)16-5-3-9-2-1-4-13-6-9/h7-9,13H,1-6H2/t9-/m0/s1. The second-order valence-electron chi connectivity index (χ2n) is 4.03. The summed E-state index contributed by atoms with van der Waals surface area (Å²) in [6.07, 6.45) is 6.71. The van der Waals surface area contributed by atoms with Gasteiger partial charge in [-0.25, -0.2) is 9.97 Å². The van der Waals surface area contributed by atoms with Gasteiger partial charge in [-0.3, -0.25) is 0 Å². The summed E-state index contributed by atoms with van der Waals surface area (Å²) in [6, 6.07) is 0.410. The Balaban J connectivity index is 1.69. The molecule has 1 saturated heterocycles. The van der Waals surface area contributed by atoms with Crippen LogP contribution in [0.1, 0.15) is 19.3 Å². The zero-order chi connectivity index (χ0) is 11.2. The molecule has 1 aliphatic rings.